The van der Waals surface area contributed by atoms with Crippen LogP contribution in [0.4, 0.5) is 0 Å². The lowest BCUT2D eigenvalue weighted by atomic mass is 9.66. The molecule has 17 heavy (non-hydrogen) atoms. The molecule has 0 radical (unpaired) electrons. The van der Waals surface area contributed by atoms with Crippen molar-refractivity contribution >= 4 is 0 Å². The highest BCUT2D eigenvalue weighted by Crippen LogP contribution is 2.43. The van der Waals surface area contributed by atoms with Gasteiger partial charge in [0.05, 0.1) is 6.61 Å². The molecule has 0 aliphatic heterocycles. The van der Waals surface area contributed by atoms with Crippen LogP contribution in [0.3, 0.4) is 0 Å². The van der Waals surface area contributed by atoms with Crippen LogP contribution in [0, 0.1) is 17.8 Å². The summed E-state index contributed by atoms with van der Waals surface area (Å²) >= 11 is 0. The van der Waals surface area contributed by atoms with E-state index in [1.165, 1.54) is 44.9 Å². The van der Waals surface area contributed by atoms with E-state index in [1.54, 1.807) is 0 Å². The largest absolute Gasteiger partial charge is 0.380 e. The molecule has 2 aliphatic carbocycles. The Hall–Kier alpha value is -0.0800. The van der Waals surface area contributed by atoms with Gasteiger partial charge in [0, 0.05) is 12.6 Å². The highest BCUT2D eigenvalue weighted by Gasteiger charge is 2.34. The molecule has 4 unspecified atom stereocenters. The third kappa shape index (κ3) is 3.69. The molecule has 2 nitrogen and oxygen atoms in total. The van der Waals surface area contributed by atoms with Gasteiger partial charge in [-0.3, -0.25) is 0 Å². The first-order chi connectivity index (χ1) is 8.31. The molecule has 2 N–H and O–H groups in total. The first-order valence-corrected chi connectivity index (χ1v) is 7.64. The third-order valence-electron chi connectivity index (χ3n) is 4.84. The molecule has 0 spiro atoms. The number of hydrogen-bond acceptors (Lipinski definition) is 2. The lowest BCUT2D eigenvalue weighted by molar-refractivity contribution is 0.0680. The van der Waals surface area contributed by atoms with Crippen molar-refractivity contribution in [1.29, 1.82) is 0 Å². The molecule has 2 fully saturated rings. The Bertz CT molecular complexity index is 219. The van der Waals surface area contributed by atoms with Gasteiger partial charge in [-0.2, -0.15) is 0 Å². The van der Waals surface area contributed by atoms with Crippen molar-refractivity contribution in [3.63, 3.8) is 0 Å². The summed E-state index contributed by atoms with van der Waals surface area (Å²) in [5.41, 5.74) is 6.29. The Balaban J connectivity index is 1.74. The van der Waals surface area contributed by atoms with E-state index < -0.39 is 0 Å². The second-order valence-corrected chi connectivity index (χ2v) is 6.12. The third-order valence-corrected chi connectivity index (χ3v) is 4.84. The predicted octanol–water partition coefficient (Wildman–Crippen LogP) is 3.35. The van der Waals surface area contributed by atoms with E-state index >= 15 is 0 Å². The van der Waals surface area contributed by atoms with Crippen molar-refractivity contribution in [2.75, 3.05) is 13.2 Å². The summed E-state index contributed by atoms with van der Waals surface area (Å²) in [5.74, 6) is 2.75. The average molecular weight is 239 g/mol. The molecule has 0 saturated heterocycles. The number of nitrogens with two attached hydrogens (primary N) is 1. The van der Waals surface area contributed by atoms with Crippen LogP contribution in [0.25, 0.3) is 0 Å². The fraction of sp³-hybridized carbons (Fsp3) is 1.00. The van der Waals surface area contributed by atoms with Crippen LogP contribution in [0.15, 0.2) is 0 Å². The second-order valence-electron chi connectivity index (χ2n) is 6.12. The monoisotopic (exact) mass is 239 g/mol. The van der Waals surface area contributed by atoms with Crippen molar-refractivity contribution in [3.05, 3.63) is 0 Å². The van der Waals surface area contributed by atoms with Crippen LogP contribution >= 0.6 is 0 Å². The van der Waals surface area contributed by atoms with E-state index in [4.69, 9.17) is 10.5 Å². The Labute approximate surface area is 106 Å². The molecule has 0 heterocycles. The van der Waals surface area contributed by atoms with Gasteiger partial charge in [-0.05, 0) is 43.4 Å². The van der Waals surface area contributed by atoms with Crippen molar-refractivity contribution < 1.29 is 4.74 Å². The fourth-order valence-electron chi connectivity index (χ4n) is 3.80. The van der Waals surface area contributed by atoms with Crippen LogP contribution in [-0.4, -0.2) is 19.3 Å². The zero-order valence-corrected chi connectivity index (χ0v) is 11.4. The fourth-order valence-corrected chi connectivity index (χ4v) is 3.80. The van der Waals surface area contributed by atoms with Crippen molar-refractivity contribution in [2.24, 2.45) is 23.5 Å². The minimum Gasteiger partial charge on any atom is -0.380 e. The average Bonchev–Trinajstić information content (AvgIpc) is 2.38. The molecule has 0 amide bonds. The lowest BCUT2D eigenvalue weighted by Crippen LogP contribution is -2.40. The summed E-state index contributed by atoms with van der Waals surface area (Å²) in [6, 6.07) is 0.282. The first kappa shape index (κ1) is 13.4. The molecule has 2 aliphatic rings. The Morgan fingerprint density at radius 1 is 1.12 bits per heavy atom. The van der Waals surface area contributed by atoms with Gasteiger partial charge in [-0.25, -0.2) is 0 Å². The van der Waals surface area contributed by atoms with E-state index in [9.17, 15) is 0 Å². The molecule has 0 bridgehead atoms. The SMILES string of the molecule is CCCOCC(N)C1CCC2CCCCC2C1. The topological polar surface area (TPSA) is 35.2 Å². The van der Waals surface area contributed by atoms with Gasteiger partial charge < -0.3 is 10.5 Å². The maximum atomic E-state index is 6.29. The summed E-state index contributed by atoms with van der Waals surface area (Å²) in [6.07, 6.45) is 11.1. The van der Waals surface area contributed by atoms with E-state index in [1.807, 2.05) is 0 Å². The van der Waals surface area contributed by atoms with Gasteiger partial charge in [0.2, 0.25) is 0 Å². The molecule has 2 saturated carbocycles. The highest BCUT2D eigenvalue weighted by molar-refractivity contribution is 4.87. The number of ether oxygens (including phenoxy) is 1. The Morgan fingerprint density at radius 2 is 1.88 bits per heavy atom. The highest BCUT2D eigenvalue weighted by atomic mass is 16.5. The van der Waals surface area contributed by atoms with Gasteiger partial charge in [-0.1, -0.05) is 32.6 Å². The predicted molar refractivity (Wildman–Crippen MR) is 71.9 cm³/mol. The lowest BCUT2D eigenvalue weighted by Gasteiger charge is -2.41. The Morgan fingerprint density at radius 3 is 2.65 bits per heavy atom. The van der Waals surface area contributed by atoms with Gasteiger partial charge in [0.25, 0.3) is 0 Å². The normalized spacial score (nSPS) is 35.3. The van der Waals surface area contributed by atoms with E-state index in [0.717, 1.165) is 37.4 Å². The smallest absolute Gasteiger partial charge is 0.0620 e. The molecule has 100 valence electrons. The molecular formula is C15H29NO. The summed E-state index contributed by atoms with van der Waals surface area (Å²) in [4.78, 5) is 0. The minimum atomic E-state index is 0.282. The minimum absolute atomic E-state index is 0.282. The maximum absolute atomic E-state index is 6.29. The zero-order chi connectivity index (χ0) is 12.1. The number of fused-ring (bicyclic) bond motifs is 1. The van der Waals surface area contributed by atoms with E-state index in [2.05, 4.69) is 6.92 Å². The van der Waals surface area contributed by atoms with Gasteiger partial charge >= 0.3 is 0 Å². The summed E-state index contributed by atoms with van der Waals surface area (Å²) < 4.78 is 5.61. The van der Waals surface area contributed by atoms with Crippen LogP contribution in [0.2, 0.25) is 0 Å². The molecule has 2 rings (SSSR count). The zero-order valence-electron chi connectivity index (χ0n) is 11.4. The molecule has 0 aromatic heterocycles. The van der Waals surface area contributed by atoms with Crippen molar-refractivity contribution in [1.82, 2.24) is 0 Å². The van der Waals surface area contributed by atoms with Gasteiger partial charge in [0.1, 0.15) is 0 Å². The van der Waals surface area contributed by atoms with Crippen molar-refractivity contribution in [2.45, 2.75) is 64.3 Å². The molecule has 0 aromatic carbocycles. The molecule has 2 heteroatoms. The maximum Gasteiger partial charge on any atom is 0.0620 e. The van der Waals surface area contributed by atoms with Crippen LogP contribution in [0.5, 0.6) is 0 Å². The first-order valence-electron chi connectivity index (χ1n) is 7.64. The summed E-state index contributed by atoms with van der Waals surface area (Å²) in [6.45, 7) is 3.79. The molecule has 0 aromatic rings. The van der Waals surface area contributed by atoms with Crippen LogP contribution in [-0.2, 0) is 4.74 Å². The van der Waals surface area contributed by atoms with Crippen LogP contribution < -0.4 is 5.73 Å². The summed E-state index contributed by atoms with van der Waals surface area (Å²) in [7, 11) is 0. The molecular weight excluding hydrogens is 210 g/mol. The van der Waals surface area contributed by atoms with Crippen LogP contribution in [0.1, 0.15) is 58.3 Å². The number of rotatable bonds is 5. The molecule has 4 atom stereocenters. The van der Waals surface area contributed by atoms with Crippen molar-refractivity contribution in [3.8, 4) is 0 Å². The van der Waals surface area contributed by atoms with E-state index in [0.29, 0.717) is 0 Å². The quantitative estimate of drug-likeness (QED) is 0.747. The summed E-state index contributed by atoms with van der Waals surface area (Å²) in [5, 5.41) is 0. The van der Waals surface area contributed by atoms with Gasteiger partial charge in [0.15, 0.2) is 0 Å². The second kappa shape index (κ2) is 6.75. The Kier molecular flexibility index (Phi) is 5.30. The number of hydrogen-bond donors (Lipinski definition) is 1. The van der Waals surface area contributed by atoms with Gasteiger partial charge in [-0.15, -0.1) is 0 Å². The van der Waals surface area contributed by atoms with E-state index in [-0.39, 0.29) is 6.04 Å². The standard InChI is InChI=1S/C15H29NO/c1-2-9-17-11-15(16)14-8-7-12-5-3-4-6-13(12)10-14/h12-15H,2-11,16H2,1H3.